The topological polar surface area (TPSA) is 80.0 Å². The lowest BCUT2D eigenvalue weighted by Crippen LogP contribution is -2.43. The molecule has 0 aromatic carbocycles. The third kappa shape index (κ3) is 2.35. The summed E-state index contributed by atoms with van der Waals surface area (Å²) in [5.74, 6) is -0.0178. The van der Waals surface area contributed by atoms with Crippen molar-refractivity contribution >= 4 is 17.5 Å². The maximum absolute atomic E-state index is 12.7. The van der Waals surface area contributed by atoms with Gasteiger partial charge < -0.3 is 14.5 Å². The lowest BCUT2D eigenvalue weighted by atomic mass is 10.2. The zero-order valence-electron chi connectivity index (χ0n) is 12.8. The average molecular weight is 315 g/mol. The van der Waals surface area contributed by atoms with Crippen LogP contribution < -0.4 is 0 Å². The van der Waals surface area contributed by atoms with Gasteiger partial charge in [-0.2, -0.15) is 5.10 Å². The summed E-state index contributed by atoms with van der Waals surface area (Å²) in [5, 5.41) is 4.05. The number of likely N-dealkylation sites (tertiary alicyclic amines) is 1. The molecular weight excluding hydrogens is 298 g/mol. The number of carbonyl (C=O) groups excluding carboxylic acids is 2. The average Bonchev–Trinajstić information content (AvgIpc) is 3.16. The normalized spacial score (nSPS) is 24.8. The second kappa shape index (κ2) is 5.31. The Kier molecular flexibility index (Phi) is 3.26. The molecule has 0 radical (unpaired) electrons. The molecule has 8 nitrogen and oxygen atoms in total. The molecule has 8 heteroatoms. The van der Waals surface area contributed by atoms with Gasteiger partial charge in [-0.05, 0) is 12.1 Å². The number of carbonyl (C=O) groups is 2. The van der Waals surface area contributed by atoms with Crippen LogP contribution in [0.2, 0.25) is 0 Å². The SMILES string of the molecule is CN1C(=O)CCO[C@H]2CN(C(=O)c3ccc4ncnn4c3)C[C@@H]21. The van der Waals surface area contributed by atoms with E-state index < -0.39 is 0 Å². The van der Waals surface area contributed by atoms with Crippen molar-refractivity contribution in [1.82, 2.24) is 24.4 Å². The monoisotopic (exact) mass is 315 g/mol. The number of likely N-dealkylation sites (N-methyl/N-ethyl adjacent to an activating group) is 1. The number of aromatic nitrogens is 3. The van der Waals surface area contributed by atoms with E-state index in [-0.39, 0.29) is 24.0 Å². The van der Waals surface area contributed by atoms with E-state index in [2.05, 4.69) is 10.1 Å². The van der Waals surface area contributed by atoms with Gasteiger partial charge in [0.25, 0.3) is 5.91 Å². The predicted molar refractivity (Wildman–Crippen MR) is 79.8 cm³/mol. The molecule has 120 valence electrons. The van der Waals surface area contributed by atoms with E-state index in [1.165, 1.54) is 6.33 Å². The second-order valence-corrected chi connectivity index (χ2v) is 5.92. The van der Waals surface area contributed by atoms with Gasteiger partial charge in [0.15, 0.2) is 5.65 Å². The molecule has 23 heavy (non-hydrogen) atoms. The first kappa shape index (κ1) is 14.1. The van der Waals surface area contributed by atoms with Crippen molar-refractivity contribution < 1.29 is 14.3 Å². The molecule has 0 N–H and O–H groups in total. The fourth-order valence-electron chi connectivity index (χ4n) is 3.24. The minimum Gasteiger partial charge on any atom is -0.374 e. The Morgan fingerprint density at radius 1 is 1.35 bits per heavy atom. The molecule has 0 bridgehead atoms. The van der Waals surface area contributed by atoms with Gasteiger partial charge in [0.2, 0.25) is 5.91 Å². The number of fused-ring (bicyclic) bond motifs is 2. The molecule has 4 rings (SSSR count). The minimum absolute atomic E-state index is 0.0656. The van der Waals surface area contributed by atoms with Crippen LogP contribution in [0.25, 0.3) is 5.65 Å². The smallest absolute Gasteiger partial charge is 0.255 e. The highest BCUT2D eigenvalue weighted by molar-refractivity contribution is 5.94. The minimum atomic E-state index is -0.120. The van der Waals surface area contributed by atoms with E-state index >= 15 is 0 Å². The molecule has 2 atom stereocenters. The number of amides is 2. The summed E-state index contributed by atoms with van der Waals surface area (Å²) in [5.41, 5.74) is 1.25. The van der Waals surface area contributed by atoms with Crippen LogP contribution in [0.5, 0.6) is 0 Å². The highest BCUT2D eigenvalue weighted by atomic mass is 16.5. The summed E-state index contributed by atoms with van der Waals surface area (Å²) in [6.07, 6.45) is 3.41. The van der Waals surface area contributed by atoms with E-state index in [0.29, 0.717) is 37.3 Å². The van der Waals surface area contributed by atoms with Crippen LogP contribution >= 0.6 is 0 Å². The van der Waals surface area contributed by atoms with Crippen molar-refractivity contribution in [2.45, 2.75) is 18.6 Å². The Balaban J connectivity index is 1.56. The molecule has 2 aliphatic heterocycles. The quantitative estimate of drug-likeness (QED) is 0.728. The van der Waals surface area contributed by atoms with E-state index in [1.54, 1.807) is 39.7 Å². The zero-order chi connectivity index (χ0) is 16.0. The van der Waals surface area contributed by atoms with E-state index in [4.69, 9.17) is 4.74 Å². The van der Waals surface area contributed by atoms with Crippen LogP contribution in [-0.4, -0.2) is 75.1 Å². The van der Waals surface area contributed by atoms with Gasteiger partial charge in [-0.25, -0.2) is 9.50 Å². The standard InChI is InChI=1S/C15H17N5O3/c1-18-11-7-19(8-12(11)23-5-4-14(18)21)15(22)10-2-3-13-16-9-17-20(13)6-10/h2-3,6,9,11-12H,4-5,7-8H2,1H3/t11-,12-/m0/s1. The molecule has 0 spiro atoms. The predicted octanol–water partition coefficient (Wildman–Crippen LogP) is -0.199. The number of rotatable bonds is 1. The van der Waals surface area contributed by atoms with E-state index in [0.717, 1.165) is 0 Å². The van der Waals surface area contributed by atoms with Crippen molar-refractivity contribution in [3.63, 3.8) is 0 Å². The van der Waals surface area contributed by atoms with Gasteiger partial charge in [0.05, 0.1) is 30.7 Å². The fraction of sp³-hybridized carbons (Fsp3) is 0.467. The molecule has 0 saturated carbocycles. The van der Waals surface area contributed by atoms with Crippen molar-refractivity contribution in [3.05, 3.63) is 30.2 Å². The van der Waals surface area contributed by atoms with Gasteiger partial charge >= 0.3 is 0 Å². The molecule has 4 heterocycles. The Labute approximate surface area is 132 Å². The van der Waals surface area contributed by atoms with Crippen molar-refractivity contribution in [1.29, 1.82) is 0 Å². The summed E-state index contributed by atoms with van der Waals surface area (Å²) >= 11 is 0. The number of ether oxygens (including phenoxy) is 1. The molecule has 2 aliphatic rings. The summed E-state index contributed by atoms with van der Waals surface area (Å²) < 4.78 is 7.33. The third-order valence-corrected chi connectivity index (χ3v) is 4.58. The first-order valence-corrected chi connectivity index (χ1v) is 7.59. The molecule has 2 aromatic heterocycles. The van der Waals surface area contributed by atoms with Gasteiger partial charge in [0, 0.05) is 26.3 Å². The maximum atomic E-state index is 12.7. The molecule has 2 amide bonds. The molecular formula is C15H17N5O3. The summed E-state index contributed by atoms with van der Waals surface area (Å²) in [6.45, 7) is 1.40. The van der Waals surface area contributed by atoms with Crippen LogP contribution in [0.3, 0.4) is 0 Å². The lowest BCUT2D eigenvalue weighted by molar-refractivity contribution is -0.131. The Hall–Kier alpha value is -2.48. The molecule has 0 aliphatic carbocycles. The summed E-state index contributed by atoms with van der Waals surface area (Å²) in [6, 6.07) is 3.43. The Bertz CT molecular complexity index is 773. The Morgan fingerprint density at radius 3 is 3.09 bits per heavy atom. The zero-order valence-corrected chi connectivity index (χ0v) is 12.8. The van der Waals surface area contributed by atoms with Crippen LogP contribution in [0.4, 0.5) is 0 Å². The summed E-state index contributed by atoms with van der Waals surface area (Å²) in [7, 11) is 1.78. The van der Waals surface area contributed by atoms with Crippen molar-refractivity contribution in [2.75, 3.05) is 26.7 Å². The van der Waals surface area contributed by atoms with Crippen LogP contribution in [0, 0.1) is 0 Å². The maximum Gasteiger partial charge on any atom is 0.255 e. The highest BCUT2D eigenvalue weighted by Crippen LogP contribution is 2.23. The second-order valence-electron chi connectivity index (χ2n) is 5.92. The number of hydrogen-bond donors (Lipinski definition) is 0. The van der Waals surface area contributed by atoms with Gasteiger partial charge in [-0.15, -0.1) is 0 Å². The Morgan fingerprint density at radius 2 is 2.22 bits per heavy atom. The van der Waals surface area contributed by atoms with Crippen LogP contribution in [0.15, 0.2) is 24.7 Å². The first-order valence-electron chi connectivity index (χ1n) is 7.59. The van der Waals surface area contributed by atoms with Crippen LogP contribution in [0.1, 0.15) is 16.8 Å². The first-order chi connectivity index (χ1) is 11.1. The molecule has 2 saturated heterocycles. The van der Waals surface area contributed by atoms with E-state index in [9.17, 15) is 9.59 Å². The molecule has 2 aromatic rings. The number of pyridine rings is 1. The van der Waals surface area contributed by atoms with Crippen LogP contribution in [-0.2, 0) is 9.53 Å². The molecule has 2 fully saturated rings. The van der Waals surface area contributed by atoms with Gasteiger partial charge in [-0.1, -0.05) is 0 Å². The van der Waals surface area contributed by atoms with Gasteiger partial charge in [0.1, 0.15) is 6.33 Å². The van der Waals surface area contributed by atoms with Gasteiger partial charge in [-0.3, -0.25) is 9.59 Å². The largest absolute Gasteiger partial charge is 0.374 e. The van der Waals surface area contributed by atoms with E-state index in [1.807, 2.05) is 0 Å². The number of hydrogen-bond acceptors (Lipinski definition) is 5. The third-order valence-electron chi connectivity index (χ3n) is 4.58. The highest BCUT2D eigenvalue weighted by Gasteiger charge is 2.41. The number of nitrogens with zero attached hydrogens (tertiary/aromatic N) is 5. The van der Waals surface area contributed by atoms with Crippen molar-refractivity contribution in [2.24, 2.45) is 0 Å². The fourth-order valence-corrected chi connectivity index (χ4v) is 3.24. The lowest BCUT2D eigenvalue weighted by Gasteiger charge is -2.25. The van der Waals surface area contributed by atoms with Crippen molar-refractivity contribution in [3.8, 4) is 0 Å². The molecule has 0 unspecified atom stereocenters. The summed E-state index contributed by atoms with van der Waals surface area (Å²) in [4.78, 5) is 32.2.